The molecule has 3 heteroatoms. The predicted molar refractivity (Wildman–Crippen MR) is 60.2 cm³/mol. The van der Waals surface area contributed by atoms with Gasteiger partial charge in [0.1, 0.15) is 5.75 Å². The molecule has 0 radical (unpaired) electrons. The number of aryl methyl sites for hydroxylation is 1. The maximum atomic E-state index is 5.53. The lowest BCUT2D eigenvalue weighted by atomic mass is 10.1. The van der Waals surface area contributed by atoms with Gasteiger partial charge in [0.2, 0.25) is 0 Å². The maximum absolute atomic E-state index is 5.53. The Morgan fingerprint density at radius 1 is 1.43 bits per heavy atom. The number of halogens is 1. The highest BCUT2D eigenvalue weighted by Crippen LogP contribution is 2.19. The quantitative estimate of drug-likeness (QED) is 0.461. The first kappa shape index (κ1) is 11.3. The SMILES string of the molecule is COc1ccc(C)cc1CCNCCl. The Balaban J connectivity index is 2.67. The minimum absolute atomic E-state index is 0.494. The fourth-order valence-electron chi connectivity index (χ4n) is 1.39. The third kappa shape index (κ3) is 3.20. The van der Waals surface area contributed by atoms with Crippen molar-refractivity contribution in [2.45, 2.75) is 13.3 Å². The average molecular weight is 214 g/mol. The van der Waals surface area contributed by atoms with Crippen LogP contribution in [0.5, 0.6) is 5.75 Å². The molecule has 0 aliphatic rings. The molecular formula is C11H16ClNO. The van der Waals surface area contributed by atoms with E-state index in [2.05, 4.69) is 24.4 Å². The Hall–Kier alpha value is -0.730. The second kappa shape index (κ2) is 5.89. The zero-order chi connectivity index (χ0) is 10.4. The second-order valence-corrected chi connectivity index (χ2v) is 3.47. The van der Waals surface area contributed by atoms with Crippen molar-refractivity contribution in [1.29, 1.82) is 0 Å². The molecule has 0 bridgehead atoms. The summed E-state index contributed by atoms with van der Waals surface area (Å²) in [5.74, 6) is 0.951. The smallest absolute Gasteiger partial charge is 0.122 e. The average Bonchev–Trinajstić information content (AvgIpc) is 2.19. The molecule has 14 heavy (non-hydrogen) atoms. The van der Waals surface area contributed by atoms with Crippen molar-refractivity contribution in [2.75, 3.05) is 19.7 Å². The topological polar surface area (TPSA) is 21.3 Å². The molecule has 0 fully saturated rings. The van der Waals surface area contributed by atoms with Crippen molar-refractivity contribution >= 4 is 11.6 Å². The Bertz CT molecular complexity index is 289. The summed E-state index contributed by atoms with van der Waals surface area (Å²) in [4.78, 5) is 0. The summed E-state index contributed by atoms with van der Waals surface area (Å²) < 4.78 is 5.27. The Morgan fingerprint density at radius 3 is 2.86 bits per heavy atom. The lowest BCUT2D eigenvalue weighted by molar-refractivity contribution is 0.409. The van der Waals surface area contributed by atoms with Crippen molar-refractivity contribution in [2.24, 2.45) is 0 Å². The summed E-state index contributed by atoms with van der Waals surface area (Å²) in [6.07, 6.45) is 0.942. The molecular weight excluding hydrogens is 198 g/mol. The van der Waals surface area contributed by atoms with Crippen molar-refractivity contribution in [3.63, 3.8) is 0 Å². The molecule has 0 aromatic heterocycles. The van der Waals surface area contributed by atoms with Gasteiger partial charge in [0, 0.05) is 6.54 Å². The van der Waals surface area contributed by atoms with Crippen LogP contribution in [0.15, 0.2) is 18.2 Å². The van der Waals surface area contributed by atoms with Crippen LogP contribution in [0.25, 0.3) is 0 Å². The van der Waals surface area contributed by atoms with Crippen molar-refractivity contribution in [1.82, 2.24) is 5.32 Å². The Labute approximate surface area is 90.2 Å². The van der Waals surface area contributed by atoms with Crippen LogP contribution in [0, 0.1) is 6.92 Å². The number of hydrogen-bond donors (Lipinski definition) is 1. The number of hydrogen-bond acceptors (Lipinski definition) is 2. The van der Waals surface area contributed by atoms with Crippen LogP contribution in [-0.2, 0) is 6.42 Å². The Kier molecular flexibility index (Phi) is 4.77. The predicted octanol–water partition coefficient (Wildman–Crippen LogP) is 2.33. The van der Waals surface area contributed by atoms with Gasteiger partial charge in [-0.05, 0) is 25.0 Å². The number of methoxy groups -OCH3 is 1. The molecule has 78 valence electrons. The highest BCUT2D eigenvalue weighted by Gasteiger charge is 2.01. The fourth-order valence-corrected chi connectivity index (χ4v) is 1.53. The number of alkyl halides is 1. The molecule has 1 aromatic carbocycles. The molecule has 0 heterocycles. The van der Waals surface area contributed by atoms with Gasteiger partial charge in [-0.1, -0.05) is 17.7 Å². The molecule has 2 nitrogen and oxygen atoms in total. The van der Waals surface area contributed by atoms with Crippen molar-refractivity contribution in [3.8, 4) is 5.75 Å². The number of rotatable bonds is 5. The summed E-state index contributed by atoms with van der Waals surface area (Å²) in [6, 6.07) is 6.70. The molecule has 1 rings (SSSR count). The van der Waals surface area contributed by atoms with Gasteiger partial charge in [0.25, 0.3) is 0 Å². The summed E-state index contributed by atoms with van der Waals surface area (Å²) >= 11 is 5.53. The molecule has 1 N–H and O–H groups in total. The monoisotopic (exact) mass is 213 g/mol. The summed E-state index contributed by atoms with van der Waals surface area (Å²) in [6.45, 7) is 2.96. The van der Waals surface area contributed by atoms with E-state index in [4.69, 9.17) is 16.3 Å². The van der Waals surface area contributed by atoms with E-state index < -0.39 is 0 Å². The van der Waals surface area contributed by atoms with Gasteiger partial charge in [-0.3, -0.25) is 0 Å². The van der Waals surface area contributed by atoms with Crippen LogP contribution < -0.4 is 10.1 Å². The first-order valence-corrected chi connectivity index (χ1v) is 5.21. The van der Waals surface area contributed by atoms with E-state index in [1.807, 2.05) is 6.07 Å². The zero-order valence-corrected chi connectivity index (χ0v) is 9.40. The van der Waals surface area contributed by atoms with Gasteiger partial charge in [0.05, 0.1) is 13.1 Å². The third-order valence-corrected chi connectivity index (χ3v) is 2.29. The molecule has 0 saturated heterocycles. The molecule has 0 aliphatic heterocycles. The highest BCUT2D eigenvalue weighted by molar-refractivity contribution is 6.17. The van der Waals surface area contributed by atoms with Crippen LogP contribution in [0.4, 0.5) is 0 Å². The van der Waals surface area contributed by atoms with Gasteiger partial charge in [-0.15, -0.1) is 11.6 Å². The van der Waals surface area contributed by atoms with Crippen LogP contribution >= 0.6 is 11.6 Å². The van der Waals surface area contributed by atoms with Crippen LogP contribution in [0.1, 0.15) is 11.1 Å². The molecule has 0 spiro atoms. The minimum Gasteiger partial charge on any atom is -0.496 e. The zero-order valence-electron chi connectivity index (χ0n) is 8.64. The number of benzene rings is 1. The molecule has 0 saturated carbocycles. The highest BCUT2D eigenvalue weighted by atomic mass is 35.5. The molecule has 0 amide bonds. The standard InChI is InChI=1S/C11H16ClNO/c1-9-3-4-11(14-2)10(7-9)5-6-13-8-12/h3-4,7,13H,5-6,8H2,1-2H3. The summed E-state index contributed by atoms with van der Waals surface area (Å²) in [5.41, 5.74) is 2.48. The number of ether oxygens (including phenoxy) is 1. The minimum atomic E-state index is 0.494. The number of nitrogens with one attached hydrogen (secondary N) is 1. The summed E-state index contributed by atoms with van der Waals surface area (Å²) in [7, 11) is 1.70. The van der Waals surface area contributed by atoms with Crippen molar-refractivity contribution in [3.05, 3.63) is 29.3 Å². The van der Waals surface area contributed by atoms with Gasteiger partial charge in [-0.25, -0.2) is 0 Å². The largest absolute Gasteiger partial charge is 0.496 e. The fraction of sp³-hybridized carbons (Fsp3) is 0.455. The molecule has 0 aliphatic carbocycles. The van der Waals surface area contributed by atoms with E-state index in [9.17, 15) is 0 Å². The van der Waals surface area contributed by atoms with E-state index in [1.165, 1.54) is 11.1 Å². The molecule has 0 atom stereocenters. The first-order chi connectivity index (χ1) is 6.77. The van der Waals surface area contributed by atoms with Crippen LogP contribution in [-0.4, -0.2) is 19.7 Å². The van der Waals surface area contributed by atoms with E-state index in [0.29, 0.717) is 6.00 Å². The second-order valence-electron chi connectivity index (χ2n) is 3.20. The Morgan fingerprint density at radius 2 is 2.21 bits per heavy atom. The van der Waals surface area contributed by atoms with Crippen LogP contribution in [0.3, 0.4) is 0 Å². The van der Waals surface area contributed by atoms with E-state index >= 15 is 0 Å². The molecule has 1 aromatic rings. The van der Waals surface area contributed by atoms with Crippen LogP contribution in [0.2, 0.25) is 0 Å². The van der Waals surface area contributed by atoms with Gasteiger partial charge >= 0.3 is 0 Å². The third-order valence-electron chi connectivity index (χ3n) is 2.10. The van der Waals surface area contributed by atoms with E-state index in [-0.39, 0.29) is 0 Å². The molecule has 0 unspecified atom stereocenters. The summed E-state index contributed by atoms with van der Waals surface area (Å²) in [5, 5.41) is 3.08. The normalized spacial score (nSPS) is 10.2. The van der Waals surface area contributed by atoms with Gasteiger partial charge < -0.3 is 10.1 Å². The van der Waals surface area contributed by atoms with E-state index in [0.717, 1.165) is 18.7 Å². The van der Waals surface area contributed by atoms with Gasteiger partial charge in [0.15, 0.2) is 0 Å². The lowest BCUT2D eigenvalue weighted by Gasteiger charge is -2.09. The van der Waals surface area contributed by atoms with Crippen molar-refractivity contribution < 1.29 is 4.74 Å². The lowest BCUT2D eigenvalue weighted by Crippen LogP contribution is -2.15. The maximum Gasteiger partial charge on any atom is 0.122 e. The first-order valence-electron chi connectivity index (χ1n) is 4.68. The van der Waals surface area contributed by atoms with E-state index in [1.54, 1.807) is 7.11 Å². The van der Waals surface area contributed by atoms with Gasteiger partial charge in [-0.2, -0.15) is 0 Å².